The second-order valence-corrected chi connectivity index (χ2v) is 12.1. The van der Waals surface area contributed by atoms with Crippen molar-refractivity contribution in [2.45, 2.75) is 115 Å². The molecule has 2 aromatic rings. The van der Waals surface area contributed by atoms with Gasteiger partial charge in [0, 0.05) is 55.3 Å². The largest absolute Gasteiger partial charge is 0.353 e. The van der Waals surface area contributed by atoms with Gasteiger partial charge in [0.25, 0.3) is 0 Å². The van der Waals surface area contributed by atoms with Crippen molar-refractivity contribution >= 4 is 5.91 Å². The molecular formula is C32H46N4O. The molecule has 4 saturated heterocycles. The van der Waals surface area contributed by atoms with Gasteiger partial charge in [-0.1, -0.05) is 74.5 Å². The number of amides is 1. The normalized spacial score (nSPS) is 31.1. The Morgan fingerprint density at radius 2 is 1.16 bits per heavy atom. The lowest BCUT2D eigenvalue weighted by atomic mass is 9.96. The van der Waals surface area contributed by atoms with E-state index in [4.69, 9.17) is 5.73 Å². The summed E-state index contributed by atoms with van der Waals surface area (Å²) in [5.74, 6) is 0.293. The van der Waals surface area contributed by atoms with Crippen molar-refractivity contribution in [1.82, 2.24) is 15.1 Å². The molecule has 1 amide bonds. The van der Waals surface area contributed by atoms with Crippen LogP contribution < -0.4 is 11.1 Å². The van der Waals surface area contributed by atoms with Crippen molar-refractivity contribution < 1.29 is 4.79 Å². The van der Waals surface area contributed by atoms with Crippen LogP contribution in [0.3, 0.4) is 0 Å². The SMILES string of the molecule is CC(C)C(=O)NC1CC2CCC(C1)N2Cc1ccccc1.NC1CC2CCC(C1)N2Cc1ccccc1. The molecule has 0 aliphatic carbocycles. The van der Waals surface area contributed by atoms with Crippen molar-refractivity contribution in [3.05, 3.63) is 71.8 Å². The lowest BCUT2D eigenvalue weighted by molar-refractivity contribution is -0.125. The fourth-order valence-electron chi connectivity index (χ4n) is 7.18. The van der Waals surface area contributed by atoms with E-state index in [1.807, 2.05) is 13.8 Å². The van der Waals surface area contributed by atoms with E-state index in [1.54, 1.807) is 0 Å². The van der Waals surface area contributed by atoms with Crippen LogP contribution in [-0.2, 0) is 17.9 Å². The first kappa shape index (κ1) is 26.4. The molecule has 0 spiro atoms. The zero-order chi connectivity index (χ0) is 25.8. The van der Waals surface area contributed by atoms with Gasteiger partial charge in [0.05, 0.1) is 0 Å². The molecular weight excluding hydrogens is 456 g/mol. The minimum Gasteiger partial charge on any atom is -0.353 e. The number of carbonyl (C=O) groups excluding carboxylic acids is 1. The molecule has 6 rings (SSSR count). The molecule has 5 heteroatoms. The number of hydrogen-bond donors (Lipinski definition) is 2. The monoisotopic (exact) mass is 502 g/mol. The molecule has 37 heavy (non-hydrogen) atoms. The maximum absolute atomic E-state index is 11.9. The Kier molecular flexibility index (Phi) is 8.63. The molecule has 4 fully saturated rings. The Balaban J connectivity index is 0.000000157. The van der Waals surface area contributed by atoms with Crippen LogP contribution in [0.2, 0.25) is 0 Å². The minimum absolute atomic E-state index is 0.0880. The Morgan fingerprint density at radius 3 is 1.57 bits per heavy atom. The fourth-order valence-corrected chi connectivity index (χ4v) is 7.18. The minimum atomic E-state index is 0.0880. The fraction of sp³-hybridized carbons (Fsp3) is 0.594. The number of nitrogens with one attached hydrogen (secondary N) is 1. The lowest BCUT2D eigenvalue weighted by Crippen LogP contribution is -2.50. The van der Waals surface area contributed by atoms with Crippen molar-refractivity contribution in [2.24, 2.45) is 11.7 Å². The molecule has 4 bridgehead atoms. The van der Waals surface area contributed by atoms with Crippen LogP contribution in [0.5, 0.6) is 0 Å². The van der Waals surface area contributed by atoms with Gasteiger partial charge in [-0.25, -0.2) is 0 Å². The molecule has 200 valence electrons. The number of nitrogens with zero attached hydrogens (tertiary/aromatic N) is 2. The molecule has 4 aliphatic rings. The number of fused-ring (bicyclic) bond motifs is 4. The van der Waals surface area contributed by atoms with Crippen LogP contribution in [0.1, 0.15) is 76.3 Å². The highest BCUT2D eigenvalue weighted by Crippen LogP contribution is 2.37. The smallest absolute Gasteiger partial charge is 0.222 e. The van der Waals surface area contributed by atoms with Crippen molar-refractivity contribution in [2.75, 3.05) is 0 Å². The van der Waals surface area contributed by atoms with Gasteiger partial charge in [-0.2, -0.15) is 0 Å². The molecule has 5 nitrogen and oxygen atoms in total. The van der Waals surface area contributed by atoms with Gasteiger partial charge in [-0.05, 0) is 62.5 Å². The number of nitrogens with two attached hydrogens (primary N) is 1. The lowest BCUT2D eigenvalue weighted by Gasteiger charge is -2.39. The Hall–Kier alpha value is -2.21. The Bertz CT molecular complexity index is 968. The van der Waals surface area contributed by atoms with Gasteiger partial charge >= 0.3 is 0 Å². The van der Waals surface area contributed by atoms with E-state index >= 15 is 0 Å². The molecule has 0 saturated carbocycles. The van der Waals surface area contributed by atoms with Crippen LogP contribution >= 0.6 is 0 Å². The molecule has 2 aromatic carbocycles. The van der Waals surface area contributed by atoms with Crippen molar-refractivity contribution in [3.8, 4) is 0 Å². The quantitative estimate of drug-likeness (QED) is 0.577. The predicted molar refractivity (Wildman–Crippen MR) is 151 cm³/mol. The van der Waals surface area contributed by atoms with Crippen LogP contribution in [0.4, 0.5) is 0 Å². The molecule has 0 radical (unpaired) electrons. The Morgan fingerprint density at radius 1 is 0.757 bits per heavy atom. The number of benzene rings is 2. The standard InChI is InChI=1S/C18H26N2O.C14H20N2/c1-13(2)18(21)19-15-10-16-8-9-17(11-15)20(16)12-14-6-4-3-5-7-14;15-12-8-13-6-7-14(9-12)16(13)10-11-4-2-1-3-5-11/h3-7,13,15-17H,8-12H2,1-2H3,(H,19,21);1-5,12-14H,6-10,15H2. The van der Waals surface area contributed by atoms with E-state index in [0.717, 1.165) is 38.0 Å². The summed E-state index contributed by atoms with van der Waals surface area (Å²) in [6.07, 6.45) is 9.89. The number of hydrogen-bond acceptors (Lipinski definition) is 4. The highest BCUT2D eigenvalue weighted by molar-refractivity contribution is 5.78. The van der Waals surface area contributed by atoms with Crippen LogP contribution in [0.25, 0.3) is 0 Å². The van der Waals surface area contributed by atoms with E-state index in [9.17, 15) is 4.79 Å². The maximum atomic E-state index is 11.9. The average Bonchev–Trinajstić information content (AvgIpc) is 3.26. The molecule has 4 atom stereocenters. The third-order valence-corrected chi connectivity index (χ3v) is 9.09. The number of carbonyl (C=O) groups is 1. The van der Waals surface area contributed by atoms with Crippen LogP contribution in [0, 0.1) is 5.92 Å². The first-order chi connectivity index (χ1) is 18.0. The summed E-state index contributed by atoms with van der Waals surface area (Å²) in [7, 11) is 0. The van der Waals surface area contributed by atoms with Gasteiger partial charge in [-0.3, -0.25) is 14.6 Å². The number of rotatable bonds is 6. The van der Waals surface area contributed by atoms with Crippen LogP contribution in [0.15, 0.2) is 60.7 Å². The van der Waals surface area contributed by atoms with E-state index in [1.165, 1.54) is 49.7 Å². The van der Waals surface area contributed by atoms with E-state index in [0.29, 0.717) is 24.2 Å². The summed E-state index contributed by atoms with van der Waals surface area (Å²) in [5, 5.41) is 3.24. The summed E-state index contributed by atoms with van der Waals surface area (Å²) in [4.78, 5) is 17.2. The van der Waals surface area contributed by atoms with Crippen molar-refractivity contribution in [1.29, 1.82) is 0 Å². The summed E-state index contributed by atoms with van der Waals surface area (Å²) < 4.78 is 0. The average molecular weight is 503 g/mol. The molecule has 4 aliphatic heterocycles. The predicted octanol–water partition coefficient (Wildman–Crippen LogP) is 5.09. The maximum Gasteiger partial charge on any atom is 0.222 e. The van der Waals surface area contributed by atoms with E-state index in [2.05, 4.69) is 75.8 Å². The Labute approximate surface area is 223 Å². The molecule has 4 unspecified atom stereocenters. The summed E-state index contributed by atoms with van der Waals surface area (Å²) >= 11 is 0. The topological polar surface area (TPSA) is 61.6 Å². The van der Waals surface area contributed by atoms with E-state index in [-0.39, 0.29) is 11.8 Å². The van der Waals surface area contributed by atoms with Crippen LogP contribution in [-0.4, -0.2) is 52.0 Å². The molecule has 4 heterocycles. The summed E-state index contributed by atoms with van der Waals surface area (Å²) in [5.41, 5.74) is 8.93. The second-order valence-electron chi connectivity index (χ2n) is 12.1. The first-order valence-corrected chi connectivity index (χ1v) is 14.6. The van der Waals surface area contributed by atoms with Gasteiger partial charge < -0.3 is 11.1 Å². The number of piperidine rings is 2. The van der Waals surface area contributed by atoms with Gasteiger partial charge in [-0.15, -0.1) is 0 Å². The second kappa shape index (κ2) is 12.1. The van der Waals surface area contributed by atoms with Gasteiger partial charge in [0.15, 0.2) is 0 Å². The molecule has 3 N–H and O–H groups in total. The molecule has 0 aromatic heterocycles. The third-order valence-electron chi connectivity index (χ3n) is 9.09. The zero-order valence-corrected chi connectivity index (χ0v) is 22.8. The highest BCUT2D eigenvalue weighted by Gasteiger charge is 2.41. The summed E-state index contributed by atoms with van der Waals surface area (Å²) in [6.45, 7) is 6.10. The van der Waals surface area contributed by atoms with Gasteiger partial charge in [0.2, 0.25) is 5.91 Å². The highest BCUT2D eigenvalue weighted by atomic mass is 16.1. The third kappa shape index (κ3) is 6.63. The van der Waals surface area contributed by atoms with Gasteiger partial charge in [0.1, 0.15) is 0 Å². The van der Waals surface area contributed by atoms with E-state index < -0.39 is 0 Å². The first-order valence-electron chi connectivity index (χ1n) is 14.6. The zero-order valence-electron chi connectivity index (χ0n) is 22.8. The van der Waals surface area contributed by atoms with Crippen molar-refractivity contribution in [3.63, 3.8) is 0 Å². The summed E-state index contributed by atoms with van der Waals surface area (Å²) in [6, 6.07) is 25.1.